The molecule has 0 bridgehead atoms. The summed E-state index contributed by atoms with van der Waals surface area (Å²) in [5.74, 6) is 0.930. The third-order valence-electron chi connectivity index (χ3n) is 2.29. The summed E-state index contributed by atoms with van der Waals surface area (Å²) in [6.45, 7) is 0. The number of benzene rings is 2. The van der Waals surface area contributed by atoms with Crippen LogP contribution in [-0.2, 0) is 10.9 Å². The van der Waals surface area contributed by atoms with Gasteiger partial charge in [0.25, 0.3) is 0 Å². The van der Waals surface area contributed by atoms with Gasteiger partial charge in [0.05, 0.1) is 11.3 Å². The fourth-order valence-corrected chi connectivity index (χ4v) is 1.75. The van der Waals surface area contributed by atoms with Gasteiger partial charge in [-0.15, -0.1) is 4.72 Å². The summed E-state index contributed by atoms with van der Waals surface area (Å²) in [5, 5.41) is 0. The predicted molar refractivity (Wildman–Crippen MR) is 69.1 cm³/mol. The van der Waals surface area contributed by atoms with Gasteiger partial charge >= 0.3 is 10.9 Å². The Hall–Kier alpha value is -2.47. The normalized spacial score (nSPS) is 9.68. The maximum Gasteiger partial charge on any atom is 0.316 e. The molecule has 0 saturated carbocycles. The first-order valence-electron chi connectivity index (χ1n) is 5.32. The molecule has 0 amide bonds. The molecule has 0 aliphatic rings. The van der Waals surface area contributed by atoms with Crippen LogP contribution in [0.4, 0.5) is 5.69 Å². The van der Waals surface area contributed by atoms with Gasteiger partial charge < -0.3 is 4.74 Å². The van der Waals surface area contributed by atoms with Gasteiger partial charge in [0.2, 0.25) is 0 Å². The summed E-state index contributed by atoms with van der Waals surface area (Å²) >= 11 is 0. The van der Waals surface area contributed by atoms with E-state index in [9.17, 15) is 13.2 Å². The van der Waals surface area contributed by atoms with Crippen LogP contribution < -0.4 is 9.46 Å². The van der Waals surface area contributed by atoms with E-state index in [0.29, 0.717) is 29.0 Å². The largest absolute Gasteiger partial charge is 0.457 e. The number of rotatable bonds is 5. The molecule has 0 N–H and O–H groups in total. The molecule has 96 valence electrons. The van der Waals surface area contributed by atoms with E-state index in [1.165, 1.54) is 12.1 Å². The van der Waals surface area contributed by atoms with Crippen LogP contribution in [0.15, 0.2) is 48.5 Å². The van der Waals surface area contributed by atoms with Crippen LogP contribution in [0.3, 0.4) is 0 Å². The molecule has 0 unspecified atom stereocenters. The Balaban J connectivity index is 2.17. The van der Waals surface area contributed by atoms with Gasteiger partial charge in [-0.1, -0.05) is 12.1 Å². The van der Waals surface area contributed by atoms with Crippen molar-refractivity contribution < 1.29 is 17.9 Å². The van der Waals surface area contributed by atoms with E-state index in [1.54, 1.807) is 36.4 Å². The maximum atomic E-state index is 10.8. The van der Waals surface area contributed by atoms with Gasteiger partial charge in [0.1, 0.15) is 11.5 Å². The molecule has 0 spiro atoms. The first-order chi connectivity index (χ1) is 9.19. The second kappa shape index (κ2) is 5.92. The second-order valence-corrected chi connectivity index (χ2v) is 4.18. The van der Waals surface area contributed by atoms with Gasteiger partial charge in [-0.05, 0) is 36.4 Å². The average Bonchev–Trinajstić information content (AvgIpc) is 2.41. The van der Waals surface area contributed by atoms with Gasteiger partial charge in [-0.25, -0.2) is 0 Å². The zero-order chi connectivity index (χ0) is 13.7. The molecule has 0 heterocycles. The minimum atomic E-state index is -2.48. The average molecular weight is 275 g/mol. The number of ether oxygens (including phenoxy) is 1. The molecular weight excluding hydrogens is 266 g/mol. The van der Waals surface area contributed by atoms with Gasteiger partial charge in [0, 0.05) is 0 Å². The molecule has 2 aromatic rings. The quantitative estimate of drug-likeness (QED) is 0.785. The Morgan fingerprint density at radius 2 is 1.68 bits per heavy atom. The van der Waals surface area contributed by atoms with Crippen molar-refractivity contribution in [2.75, 3.05) is 0 Å². The number of hydrogen-bond acceptors (Lipinski definition) is 4. The number of hydrogen-bond donors (Lipinski definition) is 0. The van der Waals surface area contributed by atoms with Gasteiger partial charge in [-0.2, -0.15) is 8.42 Å². The topological polar surface area (TPSA) is 74.5 Å². The third kappa shape index (κ3) is 3.49. The highest BCUT2D eigenvalue weighted by molar-refractivity contribution is 7.70. The van der Waals surface area contributed by atoms with E-state index in [0.717, 1.165) is 0 Å². The molecule has 2 aromatic carbocycles. The third-order valence-corrected chi connectivity index (χ3v) is 2.65. The molecule has 0 saturated heterocycles. The van der Waals surface area contributed by atoms with E-state index in [-0.39, 0.29) is 0 Å². The fraction of sp³-hybridized carbons (Fsp3) is 0. The van der Waals surface area contributed by atoms with Crippen molar-refractivity contribution in [2.24, 2.45) is 0 Å². The molecule has 0 aliphatic carbocycles. The van der Waals surface area contributed by atoms with Gasteiger partial charge in [0.15, 0.2) is 6.29 Å². The lowest BCUT2D eigenvalue weighted by atomic mass is 10.2. The van der Waals surface area contributed by atoms with Crippen LogP contribution in [0.1, 0.15) is 10.4 Å². The zero-order valence-electron chi connectivity index (χ0n) is 9.68. The van der Waals surface area contributed by atoms with Crippen molar-refractivity contribution in [3.8, 4) is 11.5 Å². The minimum absolute atomic E-state index is 0.310. The van der Waals surface area contributed by atoms with Crippen LogP contribution in [0.5, 0.6) is 11.5 Å². The molecule has 0 aliphatic heterocycles. The Morgan fingerprint density at radius 1 is 1.00 bits per heavy atom. The van der Waals surface area contributed by atoms with E-state index < -0.39 is 10.9 Å². The van der Waals surface area contributed by atoms with Crippen molar-refractivity contribution in [1.82, 2.24) is 4.72 Å². The maximum absolute atomic E-state index is 10.8. The Morgan fingerprint density at radius 3 is 2.32 bits per heavy atom. The van der Waals surface area contributed by atoms with Crippen LogP contribution in [-0.4, -0.2) is 14.7 Å². The Kier molecular flexibility index (Phi) is 4.04. The summed E-state index contributed by atoms with van der Waals surface area (Å²) < 4.78 is 29.7. The Bertz CT molecular complexity index is 642. The summed E-state index contributed by atoms with van der Waals surface area (Å²) in [6.07, 6.45) is 0.708. The smallest absolute Gasteiger partial charge is 0.316 e. The van der Waals surface area contributed by atoms with Gasteiger partial charge in [-0.3, -0.25) is 4.79 Å². The molecule has 6 heteroatoms. The SMILES string of the molecule is O=Cc1ccccc1Oc1ccc([N][S](=O)=O)cc1. The molecule has 19 heavy (non-hydrogen) atoms. The number of nitrogens with zero attached hydrogens (tertiary/aromatic N) is 1. The van der Waals surface area contributed by atoms with Crippen LogP contribution >= 0.6 is 0 Å². The molecule has 0 aromatic heterocycles. The van der Waals surface area contributed by atoms with Crippen molar-refractivity contribution >= 4 is 22.9 Å². The molecule has 2 radical (unpaired) electrons. The Labute approximate surface area is 111 Å². The first kappa shape index (κ1) is 13.0. The molecule has 5 nitrogen and oxygen atoms in total. The van der Waals surface area contributed by atoms with Crippen LogP contribution in [0.25, 0.3) is 0 Å². The van der Waals surface area contributed by atoms with Crippen molar-refractivity contribution in [1.29, 1.82) is 0 Å². The number of carbonyl (C=O) groups excluding carboxylic acids is 1. The summed E-state index contributed by atoms with van der Waals surface area (Å²) in [4.78, 5) is 10.8. The van der Waals surface area contributed by atoms with E-state index in [2.05, 4.69) is 4.72 Å². The van der Waals surface area contributed by atoms with Crippen molar-refractivity contribution in [3.05, 3.63) is 54.1 Å². The number of aldehydes is 1. The lowest BCUT2D eigenvalue weighted by molar-refractivity contribution is 0.112. The summed E-state index contributed by atoms with van der Waals surface area (Å²) in [7, 11) is -2.48. The second-order valence-electron chi connectivity index (χ2n) is 3.56. The van der Waals surface area contributed by atoms with Crippen LogP contribution in [0, 0.1) is 0 Å². The highest BCUT2D eigenvalue weighted by Gasteiger charge is 2.04. The number of carbonyl (C=O) groups is 1. The summed E-state index contributed by atoms with van der Waals surface area (Å²) in [6, 6.07) is 13.0. The van der Waals surface area contributed by atoms with Crippen molar-refractivity contribution in [3.63, 3.8) is 0 Å². The monoisotopic (exact) mass is 275 g/mol. The highest BCUT2D eigenvalue weighted by atomic mass is 32.2. The lowest BCUT2D eigenvalue weighted by Gasteiger charge is -2.07. The van der Waals surface area contributed by atoms with E-state index in [4.69, 9.17) is 4.74 Å². The number of para-hydroxylation sites is 1. The lowest BCUT2D eigenvalue weighted by Crippen LogP contribution is -1.93. The molecule has 2 rings (SSSR count). The van der Waals surface area contributed by atoms with Crippen molar-refractivity contribution in [2.45, 2.75) is 0 Å². The van der Waals surface area contributed by atoms with E-state index in [1.807, 2.05) is 0 Å². The highest BCUT2D eigenvalue weighted by Crippen LogP contribution is 2.25. The molecule has 0 fully saturated rings. The predicted octanol–water partition coefficient (Wildman–Crippen LogP) is 2.32. The first-order valence-corrected chi connectivity index (χ1v) is 6.35. The standard InChI is InChI=1S/C13H9NO4S/c15-9-10-3-1-2-4-13(10)18-12-7-5-11(6-8-12)14-19(16)17/h1-9H. The zero-order valence-corrected chi connectivity index (χ0v) is 10.5. The molecular formula is C13H9NO4S. The molecule has 0 atom stereocenters. The minimum Gasteiger partial charge on any atom is -0.457 e. The van der Waals surface area contributed by atoms with E-state index >= 15 is 0 Å². The fourth-order valence-electron chi connectivity index (χ4n) is 1.46. The van der Waals surface area contributed by atoms with Crippen LogP contribution in [0.2, 0.25) is 0 Å². The summed E-state index contributed by atoms with van der Waals surface area (Å²) in [5.41, 5.74) is 0.751.